The molecule has 0 saturated heterocycles. The number of fused-ring (bicyclic) bond motifs is 1. The Morgan fingerprint density at radius 1 is 1.30 bits per heavy atom. The smallest absolute Gasteiger partial charge is 0.272 e. The molecule has 2 aromatic rings. The summed E-state index contributed by atoms with van der Waals surface area (Å²) in [6.07, 6.45) is 0.730. The van der Waals surface area contributed by atoms with Crippen LogP contribution >= 0.6 is 0 Å². The number of carbonyl (C=O) groups excluding carboxylic acids is 2. The van der Waals surface area contributed by atoms with Crippen molar-refractivity contribution >= 4 is 11.8 Å². The van der Waals surface area contributed by atoms with Crippen molar-refractivity contribution in [3.05, 3.63) is 41.0 Å². The molecule has 0 fully saturated rings. The number of aromatic nitrogens is 2. The van der Waals surface area contributed by atoms with Crippen LogP contribution in [0.25, 0.3) is 11.4 Å². The number of hydrogen-bond donors (Lipinski definition) is 2. The lowest BCUT2D eigenvalue weighted by atomic mass is 9.86. The number of aryl methyl sites for hydroxylation is 1. The van der Waals surface area contributed by atoms with Gasteiger partial charge in [0.2, 0.25) is 5.91 Å². The maximum absolute atomic E-state index is 14.7. The zero-order chi connectivity index (χ0) is 22.1. The van der Waals surface area contributed by atoms with Crippen LogP contribution in [0.5, 0.6) is 0 Å². The summed E-state index contributed by atoms with van der Waals surface area (Å²) in [6, 6.07) is 4.19. The van der Waals surface area contributed by atoms with Crippen LogP contribution in [0.15, 0.2) is 18.2 Å². The van der Waals surface area contributed by atoms with Gasteiger partial charge in [-0.2, -0.15) is 0 Å². The van der Waals surface area contributed by atoms with Crippen LogP contribution in [-0.4, -0.2) is 41.1 Å². The first-order chi connectivity index (χ1) is 14.1. The third-order valence-electron chi connectivity index (χ3n) is 5.21. The molecule has 0 saturated carbocycles. The largest absolute Gasteiger partial charge is 0.375 e. The number of amides is 2. The summed E-state index contributed by atoms with van der Waals surface area (Å²) in [7, 11) is 1.53. The highest BCUT2D eigenvalue weighted by Gasteiger charge is 2.34. The predicted molar refractivity (Wildman–Crippen MR) is 111 cm³/mol. The van der Waals surface area contributed by atoms with Gasteiger partial charge < -0.3 is 19.9 Å². The first-order valence-electron chi connectivity index (χ1n) is 10.1. The van der Waals surface area contributed by atoms with Crippen LogP contribution in [0.1, 0.15) is 48.9 Å². The van der Waals surface area contributed by atoms with Crippen molar-refractivity contribution in [3.63, 3.8) is 0 Å². The number of ether oxygens (including phenoxy) is 1. The first kappa shape index (κ1) is 22.0. The number of hydrogen-bond acceptors (Lipinski definition) is 4. The molecule has 1 aromatic heterocycles. The molecule has 0 radical (unpaired) electrons. The molecule has 2 amide bonds. The molecular weight excluding hydrogens is 387 g/mol. The molecule has 0 aliphatic carbocycles. The van der Waals surface area contributed by atoms with Crippen molar-refractivity contribution in [1.29, 1.82) is 0 Å². The molecule has 1 atom stereocenters. The van der Waals surface area contributed by atoms with E-state index in [1.165, 1.54) is 13.1 Å². The molecule has 8 heteroatoms. The van der Waals surface area contributed by atoms with Crippen molar-refractivity contribution in [2.45, 2.75) is 53.3 Å². The van der Waals surface area contributed by atoms with Crippen molar-refractivity contribution < 1.29 is 18.7 Å². The third-order valence-corrected chi connectivity index (χ3v) is 5.21. The standard InChI is InChI=1S/C22H29FN4O3/c1-13-7-8-14(15(23)11-13)19-25-17(16-12-30-10-6-9-27(16)19)20(28)26-18(21(29)24-5)22(2,3)4/h7-8,11,18H,6,9-10,12H2,1-5H3,(H,24,29)(H,26,28). The molecule has 1 aliphatic heterocycles. The fourth-order valence-corrected chi connectivity index (χ4v) is 3.58. The molecular formula is C22H29FN4O3. The quantitative estimate of drug-likeness (QED) is 0.803. The van der Waals surface area contributed by atoms with Gasteiger partial charge in [0.15, 0.2) is 5.69 Å². The second-order valence-corrected chi connectivity index (χ2v) is 8.66. The van der Waals surface area contributed by atoms with Gasteiger partial charge in [-0.05, 0) is 36.5 Å². The molecule has 1 aromatic carbocycles. The minimum atomic E-state index is -0.751. The number of rotatable bonds is 4. The van der Waals surface area contributed by atoms with E-state index < -0.39 is 23.2 Å². The zero-order valence-corrected chi connectivity index (χ0v) is 18.1. The number of likely N-dealkylation sites (N-methyl/N-ethyl adjacent to an activating group) is 1. The van der Waals surface area contributed by atoms with Crippen LogP contribution in [0.3, 0.4) is 0 Å². The van der Waals surface area contributed by atoms with Crippen molar-refractivity contribution in [3.8, 4) is 11.4 Å². The Hall–Kier alpha value is -2.74. The Bertz CT molecular complexity index is 962. The van der Waals surface area contributed by atoms with Gasteiger partial charge in [-0.25, -0.2) is 9.37 Å². The highest BCUT2D eigenvalue weighted by atomic mass is 19.1. The molecule has 7 nitrogen and oxygen atoms in total. The molecule has 3 rings (SSSR count). The average molecular weight is 416 g/mol. The molecule has 1 unspecified atom stereocenters. The monoisotopic (exact) mass is 416 g/mol. The number of imidazole rings is 1. The molecule has 2 N–H and O–H groups in total. The summed E-state index contributed by atoms with van der Waals surface area (Å²) >= 11 is 0. The van der Waals surface area contributed by atoms with Crippen molar-refractivity contribution in [2.75, 3.05) is 13.7 Å². The second kappa shape index (κ2) is 8.55. The van der Waals surface area contributed by atoms with E-state index in [-0.39, 0.29) is 18.2 Å². The lowest BCUT2D eigenvalue weighted by Gasteiger charge is -2.29. The third kappa shape index (κ3) is 4.38. The van der Waals surface area contributed by atoms with Crippen molar-refractivity contribution in [1.82, 2.24) is 20.2 Å². The number of halogens is 1. The summed E-state index contributed by atoms with van der Waals surface area (Å²) in [5, 5.41) is 5.40. The van der Waals surface area contributed by atoms with Crippen LogP contribution in [0.4, 0.5) is 4.39 Å². The molecule has 162 valence electrons. The topological polar surface area (TPSA) is 85.3 Å². The van der Waals surface area contributed by atoms with Gasteiger partial charge in [0.05, 0.1) is 17.9 Å². The SMILES string of the molecule is CNC(=O)C(NC(=O)c1nc(-c2ccc(C)cc2F)n2c1COCCC2)C(C)(C)C. The Balaban J connectivity index is 2.05. The molecule has 30 heavy (non-hydrogen) atoms. The summed E-state index contributed by atoms with van der Waals surface area (Å²) in [4.78, 5) is 30.0. The lowest BCUT2D eigenvalue weighted by molar-refractivity contribution is -0.124. The predicted octanol–water partition coefficient (Wildman–Crippen LogP) is 2.81. The second-order valence-electron chi connectivity index (χ2n) is 8.66. The fraction of sp³-hybridized carbons (Fsp3) is 0.500. The molecule has 0 spiro atoms. The van der Waals surface area contributed by atoms with Gasteiger partial charge >= 0.3 is 0 Å². The summed E-state index contributed by atoms with van der Waals surface area (Å²) in [5.41, 5.74) is 1.38. The number of nitrogens with one attached hydrogen (secondary N) is 2. The van der Waals surface area contributed by atoms with Crippen LogP contribution < -0.4 is 10.6 Å². The highest BCUT2D eigenvalue weighted by molar-refractivity contribution is 5.97. The van der Waals surface area contributed by atoms with E-state index in [1.54, 1.807) is 6.07 Å². The molecule has 2 heterocycles. The average Bonchev–Trinajstić information content (AvgIpc) is 2.85. The highest BCUT2D eigenvalue weighted by Crippen LogP contribution is 2.28. The number of nitrogens with zero attached hydrogens (tertiary/aromatic N) is 2. The number of carbonyl (C=O) groups is 2. The van der Waals surface area contributed by atoms with E-state index in [1.807, 2.05) is 38.3 Å². The van der Waals surface area contributed by atoms with Gasteiger partial charge in [0, 0.05) is 20.2 Å². The summed E-state index contributed by atoms with van der Waals surface area (Å²) in [6.45, 7) is 8.74. The van der Waals surface area contributed by atoms with E-state index in [9.17, 15) is 14.0 Å². The van der Waals surface area contributed by atoms with Crippen LogP contribution in [0.2, 0.25) is 0 Å². The van der Waals surface area contributed by atoms with E-state index in [0.717, 1.165) is 12.0 Å². The van der Waals surface area contributed by atoms with Crippen LogP contribution in [0, 0.1) is 18.2 Å². The molecule has 1 aliphatic rings. The fourth-order valence-electron chi connectivity index (χ4n) is 3.58. The van der Waals surface area contributed by atoms with Gasteiger partial charge in [-0.3, -0.25) is 9.59 Å². The van der Waals surface area contributed by atoms with E-state index >= 15 is 0 Å². The van der Waals surface area contributed by atoms with Crippen LogP contribution in [-0.2, 0) is 22.7 Å². The normalized spacial score (nSPS) is 15.1. The number of benzene rings is 1. The van der Waals surface area contributed by atoms with E-state index in [2.05, 4.69) is 15.6 Å². The maximum Gasteiger partial charge on any atom is 0.272 e. The molecule has 0 bridgehead atoms. The summed E-state index contributed by atoms with van der Waals surface area (Å²) in [5.74, 6) is -0.767. The zero-order valence-electron chi connectivity index (χ0n) is 18.1. The van der Waals surface area contributed by atoms with Gasteiger partial charge in [-0.1, -0.05) is 26.8 Å². The maximum atomic E-state index is 14.7. The Morgan fingerprint density at radius 3 is 2.67 bits per heavy atom. The Labute approximate surface area is 176 Å². The van der Waals surface area contributed by atoms with Gasteiger partial charge in [-0.15, -0.1) is 0 Å². The Kier molecular flexibility index (Phi) is 6.26. The first-order valence-corrected chi connectivity index (χ1v) is 10.1. The van der Waals surface area contributed by atoms with Gasteiger partial charge in [0.25, 0.3) is 5.91 Å². The minimum Gasteiger partial charge on any atom is -0.375 e. The Morgan fingerprint density at radius 2 is 2.03 bits per heavy atom. The minimum absolute atomic E-state index is 0.157. The van der Waals surface area contributed by atoms with E-state index in [0.29, 0.717) is 30.2 Å². The van der Waals surface area contributed by atoms with E-state index in [4.69, 9.17) is 4.74 Å². The lowest BCUT2D eigenvalue weighted by Crippen LogP contribution is -2.53. The van der Waals surface area contributed by atoms with Crippen molar-refractivity contribution in [2.24, 2.45) is 5.41 Å². The summed E-state index contributed by atoms with van der Waals surface area (Å²) < 4.78 is 22.2. The van der Waals surface area contributed by atoms with Gasteiger partial charge in [0.1, 0.15) is 17.7 Å².